The van der Waals surface area contributed by atoms with E-state index in [4.69, 9.17) is 0 Å². The Kier molecular flexibility index (Phi) is 4.52. The van der Waals surface area contributed by atoms with Gasteiger partial charge >= 0.3 is 5.97 Å². The summed E-state index contributed by atoms with van der Waals surface area (Å²) < 4.78 is 5.89. The molecular formula is C14H17NO3S. The summed E-state index contributed by atoms with van der Waals surface area (Å²) in [7, 11) is 1.32. The van der Waals surface area contributed by atoms with Gasteiger partial charge in [-0.1, -0.05) is 18.2 Å². The van der Waals surface area contributed by atoms with Crippen LogP contribution in [0.5, 0.6) is 0 Å². The van der Waals surface area contributed by atoms with Crippen LogP contribution in [0.3, 0.4) is 0 Å². The molecule has 2 unspecified atom stereocenters. The predicted octanol–water partition coefficient (Wildman–Crippen LogP) is 1.91. The normalized spacial score (nSPS) is 14.3. The maximum atomic E-state index is 11.5. The molecule has 4 nitrogen and oxygen atoms in total. The van der Waals surface area contributed by atoms with Gasteiger partial charge in [-0.15, -0.1) is 11.3 Å². The average Bonchev–Trinajstić information content (AvgIpc) is 2.82. The van der Waals surface area contributed by atoms with Gasteiger partial charge in [0.25, 0.3) is 0 Å². The van der Waals surface area contributed by atoms with Gasteiger partial charge in [-0.05, 0) is 29.3 Å². The summed E-state index contributed by atoms with van der Waals surface area (Å²) in [5, 5.41) is 15.9. The van der Waals surface area contributed by atoms with Gasteiger partial charge in [0.2, 0.25) is 0 Å². The molecule has 5 heteroatoms. The smallest absolute Gasteiger partial charge is 0.325 e. The van der Waals surface area contributed by atoms with Gasteiger partial charge in [0.15, 0.2) is 0 Å². The molecule has 0 spiro atoms. The van der Waals surface area contributed by atoms with Crippen molar-refractivity contribution in [2.75, 3.05) is 7.11 Å². The second-order valence-corrected chi connectivity index (χ2v) is 5.29. The summed E-state index contributed by atoms with van der Waals surface area (Å²) in [6.45, 7) is 2.09. The third kappa shape index (κ3) is 3.12. The Morgan fingerprint density at radius 3 is 2.89 bits per heavy atom. The van der Waals surface area contributed by atoms with Crippen LogP contribution in [0.4, 0.5) is 0 Å². The van der Waals surface area contributed by atoms with E-state index in [2.05, 4.69) is 27.6 Å². The summed E-state index contributed by atoms with van der Waals surface area (Å²) in [6.07, 6.45) is -0.794. The van der Waals surface area contributed by atoms with Gasteiger partial charge in [-0.3, -0.25) is 10.1 Å². The molecule has 0 fully saturated rings. The lowest BCUT2D eigenvalue weighted by Crippen LogP contribution is -2.45. The Morgan fingerprint density at radius 2 is 2.21 bits per heavy atom. The van der Waals surface area contributed by atoms with E-state index in [1.54, 1.807) is 18.3 Å². The molecule has 2 atom stereocenters. The zero-order chi connectivity index (χ0) is 13.8. The Bertz CT molecular complexity index is 565. The van der Waals surface area contributed by atoms with Crippen LogP contribution in [0.15, 0.2) is 29.6 Å². The minimum atomic E-state index is -0.794. The third-order valence-corrected chi connectivity index (χ3v) is 4.02. The van der Waals surface area contributed by atoms with Crippen LogP contribution in [-0.2, 0) is 16.1 Å². The molecule has 0 aliphatic rings. The number of esters is 1. The molecule has 1 aromatic heterocycles. The summed E-state index contributed by atoms with van der Waals surface area (Å²) in [4.78, 5) is 11.5. The van der Waals surface area contributed by atoms with Crippen LogP contribution >= 0.6 is 11.3 Å². The Labute approximate surface area is 116 Å². The van der Waals surface area contributed by atoms with E-state index >= 15 is 0 Å². The van der Waals surface area contributed by atoms with Gasteiger partial charge in [-0.2, -0.15) is 0 Å². The number of carbonyl (C=O) groups excluding carboxylic acids is 1. The van der Waals surface area contributed by atoms with Crippen molar-refractivity contribution in [3.63, 3.8) is 0 Å². The van der Waals surface area contributed by atoms with E-state index in [1.807, 2.05) is 12.1 Å². The number of rotatable bonds is 5. The molecule has 2 rings (SSSR count). The SMILES string of the molecule is COC(=O)C(NCc1csc2ccccc12)C(C)O. The maximum Gasteiger partial charge on any atom is 0.325 e. The maximum absolute atomic E-state index is 11.5. The number of aliphatic hydroxyl groups is 1. The van der Waals surface area contributed by atoms with Crippen LogP contribution in [0.2, 0.25) is 0 Å². The molecule has 0 amide bonds. The van der Waals surface area contributed by atoms with Crippen molar-refractivity contribution >= 4 is 27.4 Å². The summed E-state index contributed by atoms with van der Waals surface area (Å²) in [5.41, 5.74) is 1.12. The van der Waals surface area contributed by atoms with Crippen LogP contribution in [0, 0.1) is 0 Å². The van der Waals surface area contributed by atoms with Crippen molar-refractivity contribution in [2.45, 2.75) is 25.6 Å². The molecule has 102 valence electrons. The number of carbonyl (C=O) groups is 1. The highest BCUT2D eigenvalue weighted by atomic mass is 32.1. The standard InChI is InChI=1S/C14H17NO3S/c1-9(16)13(14(17)18-2)15-7-10-8-19-12-6-4-3-5-11(10)12/h3-6,8-9,13,15-16H,7H2,1-2H3. The molecule has 2 aromatic rings. The number of thiophene rings is 1. The zero-order valence-corrected chi connectivity index (χ0v) is 11.7. The zero-order valence-electron chi connectivity index (χ0n) is 10.9. The highest BCUT2D eigenvalue weighted by Crippen LogP contribution is 2.25. The third-order valence-electron chi connectivity index (χ3n) is 3.01. The molecule has 1 aromatic carbocycles. The number of ether oxygens (including phenoxy) is 1. The van der Waals surface area contributed by atoms with E-state index in [9.17, 15) is 9.90 Å². The predicted molar refractivity (Wildman–Crippen MR) is 76.1 cm³/mol. The lowest BCUT2D eigenvalue weighted by Gasteiger charge is -2.18. The number of aliphatic hydroxyl groups excluding tert-OH is 1. The highest BCUT2D eigenvalue weighted by molar-refractivity contribution is 7.17. The summed E-state index contributed by atoms with van der Waals surface area (Å²) in [6, 6.07) is 7.41. The fraction of sp³-hybridized carbons (Fsp3) is 0.357. The van der Waals surface area contributed by atoms with Gasteiger partial charge in [-0.25, -0.2) is 0 Å². The Morgan fingerprint density at radius 1 is 1.47 bits per heavy atom. The summed E-state index contributed by atoms with van der Waals surface area (Å²) in [5.74, 6) is -0.450. The minimum Gasteiger partial charge on any atom is -0.468 e. The van der Waals surface area contributed by atoms with E-state index in [-0.39, 0.29) is 0 Å². The van der Waals surface area contributed by atoms with Crippen molar-refractivity contribution in [3.8, 4) is 0 Å². The molecular weight excluding hydrogens is 262 g/mol. The number of fused-ring (bicyclic) bond motifs is 1. The molecule has 0 bridgehead atoms. The van der Waals surface area contributed by atoms with Gasteiger partial charge in [0, 0.05) is 11.2 Å². The lowest BCUT2D eigenvalue weighted by molar-refractivity contribution is -0.145. The molecule has 0 saturated heterocycles. The molecule has 0 aliphatic heterocycles. The largest absolute Gasteiger partial charge is 0.468 e. The number of nitrogens with one attached hydrogen (secondary N) is 1. The van der Waals surface area contributed by atoms with Crippen molar-refractivity contribution < 1.29 is 14.6 Å². The summed E-state index contributed by atoms with van der Waals surface area (Å²) >= 11 is 1.67. The quantitative estimate of drug-likeness (QED) is 0.821. The molecule has 19 heavy (non-hydrogen) atoms. The average molecular weight is 279 g/mol. The second kappa shape index (κ2) is 6.14. The van der Waals surface area contributed by atoms with E-state index < -0.39 is 18.1 Å². The van der Waals surface area contributed by atoms with Gasteiger partial charge in [0.1, 0.15) is 6.04 Å². The topological polar surface area (TPSA) is 58.6 Å². The first-order chi connectivity index (χ1) is 9.13. The molecule has 0 saturated carbocycles. The first-order valence-corrected chi connectivity index (χ1v) is 6.96. The lowest BCUT2D eigenvalue weighted by atomic mass is 10.1. The molecule has 0 radical (unpaired) electrons. The number of hydrogen-bond donors (Lipinski definition) is 2. The second-order valence-electron chi connectivity index (χ2n) is 4.38. The molecule has 2 N–H and O–H groups in total. The van der Waals surface area contributed by atoms with Crippen molar-refractivity contribution in [3.05, 3.63) is 35.2 Å². The van der Waals surface area contributed by atoms with Crippen molar-refractivity contribution in [2.24, 2.45) is 0 Å². The van der Waals surface area contributed by atoms with E-state index in [0.717, 1.165) is 5.56 Å². The van der Waals surface area contributed by atoms with Crippen molar-refractivity contribution in [1.82, 2.24) is 5.32 Å². The first-order valence-electron chi connectivity index (χ1n) is 6.08. The molecule has 0 aliphatic carbocycles. The molecule has 1 heterocycles. The fourth-order valence-corrected chi connectivity index (χ4v) is 2.93. The Balaban J connectivity index is 2.11. The first kappa shape index (κ1) is 14.0. The van der Waals surface area contributed by atoms with Crippen LogP contribution in [0.1, 0.15) is 12.5 Å². The van der Waals surface area contributed by atoms with Crippen molar-refractivity contribution in [1.29, 1.82) is 0 Å². The van der Waals surface area contributed by atoms with E-state index in [0.29, 0.717) is 6.54 Å². The monoisotopic (exact) mass is 279 g/mol. The van der Waals surface area contributed by atoms with Gasteiger partial charge in [0.05, 0.1) is 13.2 Å². The number of hydrogen-bond acceptors (Lipinski definition) is 5. The highest BCUT2D eigenvalue weighted by Gasteiger charge is 2.23. The number of methoxy groups -OCH3 is 1. The van der Waals surface area contributed by atoms with Crippen LogP contribution in [-0.4, -0.2) is 30.3 Å². The fourth-order valence-electron chi connectivity index (χ4n) is 1.97. The van der Waals surface area contributed by atoms with Gasteiger partial charge < -0.3 is 9.84 Å². The van der Waals surface area contributed by atoms with Crippen LogP contribution < -0.4 is 5.32 Å². The number of benzene rings is 1. The minimum absolute atomic E-state index is 0.450. The van der Waals surface area contributed by atoms with E-state index in [1.165, 1.54) is 17.2 Å². The van der Waals surface area contributed by atoms with Crippen LogP contribution in [0.25, 0.3) is 10.1 Å². The Hall–Kier alpha value is -1.43.